The van der Waals surface area contributed by atoms with Gasteiger partial charge in [0.15, 0.2) is 5.11 Å². The van der Waals surface area contributed by atoms with Crippen LogP contribution in [0.5, 0.6) is 5.75 Å². The van der Waals surface area contributed by atoms with Crippen LogP contribution in [0.4, 0.5) is 0 Å². The van der Waals surface area contributed by atoms with E-state index in [-0.39, 0.29) is 17.2 Å². The second-order valence-corrected chi connectivity index (χ2v) is 5.08. The molecule has 1 aromatic carbocycles. The van der Waals surface area contributed by atoms with Gasteiger partial charge in [0, 0.05) is 6.54 Å². The van der Waals surface area contributed by atoms with Crippen molar-refractivity contribution < 1.29 is 14.3 Å². The highest BCUT2D eigenvalue weighted by Gasteiger charge is 2.32. The highest BCUT2D eigenvalue weighted by atomic mass is 32.1. The summed E-state index contributed by atoms with van der Waals surface area (Å²) in [6.45, 7) is 7.81. The number of nitrogens with one attached hydrogen (secondary N) is 1. The number of thiocarbonyl (C=S) groups is 1. The van der Waals surface area contributed by atoms with Gasteiger partial charge in [-0.25, -0.2) is 0 Å². The molecule has 1 N–H and O–H groups in total. The summed E-state index contributed by atoms with van der Waals surface area (Å²) >= 11 is 5.00. The third kappa shape index (κ3) is 3.92. The molecule has 1 aliphatic heterocycles. The zero-order chi connectivity index (χ0) is 16.8. The van der Waals surface area contributed by atoms with Crippen molar-refractivity contribution in [2.24, 2.45) is 0 Å². The van der Waals surface area contributed by atoms with Gasteiger partial charge >= 0.3 is 0 Å². The SMILES string of the molecule is C=CCOc1ccc(/C=C2\C(=O)NC(=S)N(CC=C)C2=O)cc1. The van der Waals surface area contributed by atoms with Gasteiger partial charge in [0.2, 0.25) is 0 Å². The second-order valence-electron chi connectivity index (χ2n) is 4.69. The quantitative estimate of drug-likeness (QED) is 0.376. The number of hydrogen-bond donors (Lipinski definition) is 1. The van der Waals surface area contributed by atoms with Crippen LogP contribution >= 0.6 is 12.2 Å². The van der Waals surface area contributed by atoms with Crippen LogP contribution in [0.3, 0.4) is 0 Å². The highest BCUT2D eigenvalue weighted by molar-refractivity contribution is 7.80. The van der Waals surface area contributed by atoms with E-state index in [9.17, 15) is 9.59 Å². The van der Waals surface area contributed by atoms with Crippen molar-refractivity contribution in [3.8, 4) is 5.75 Å². The molecule has 1 aliphatic rings. The first-order chi connectivity index (χ1) is 11.1. The molecular weight excluding hydrogens is 312 g/mol. The fourth-order valence-electron chi connectivity index (χ4n) is 1.97. The Morgan fingerprint density at radius 1 is 1.17 bits per heavy atom. The molecule has 0 aromatic heterocycles. The van der Waals surface area contributed by atoms with Crippen LogP contribution in [0.15, 0.2) is 55.1 Å². The number of nitrogens with zero attached hydrogens (tertiary/aromatic N) is 1. The molecule has 2 amide bonds. The highest BCUT2D eigenvalue weighted by Crippen LogP contribution is 2.17. The number of benzene rings is 1. The number of rotatable bonds is 6. The Labute approximate surface area is 139 Å². The van der Waals surface area contributed by atoms with Gasteiger partial charge in [-0.1, -0.05) is 30.9 Å². The van der Waals surface area contributed by atoms with Crippen molar-refractivity contribution in [1.82, 2.24) is 10.2 Å². The summed E-state index contributed by atoms with van der Waals surface area (Å²) in [6, 6.07) is 7.04. The summed E-state index contributed by atoms with van der Waals surface area (Å²) < 4.78 is 5.38. The van der Waals surface area contributed by atoms with E-state index in [0.717, 1.165) is 0 Å². The van der Waals surface area contributed by atoms with Crippen LogP contribution < -0.4 is 10.1 Å². The maximum Gasteiger partial charge on any atom is 0.265 e. The Hall–Kier alpha value is -2.73. The van der Waals surface area contributed by atoms with Crippen molar-refractivity contribution in [2.75, 3.05) is 13.2 Å². The van der Waals surface area contributed by atoms with E-state index in [4.69, 9.17) is 17.0 Å². The van der Waals surface area contributed by atoms with Crippen LogP contribution in [0.25, 0.3) is 6.08 Å². The lowest BCUT2D eigenvalue weighted by Gasteiger charge is -2.27. The zero-order valence-corrected chi connectivity index (χ0v) is 13.3. The molecule has 5 nitrogen and oxygen atoms in total. The van der Waals surface area contributed by atoms with Gasteiger partial charge in [-0.15, -0.1) is 6.58 Å². The molecule has 23 heavy (non-hydrogen) atoms. The molecule has 1 heterocycles. The Morgan fingerprint density at radius 2 is 1.87 bits per heavy atom. The third-order valence-electron chi connectivity index (χ3n) is 3.06. The molecule has 0 atom stereocenters. The van der Waals surface area contributed by atoms with Crippen molar-refractivity contribution in [3.05, 3.63) is 60.7 Å². The minimum absolute atomic E-state index is 0.0280. The maximum atomic E-state index is 12.4. The summed E-state index contributed by atoms with van der Waals surface area (Å²) in [7, 11) is 0. The van der Waals surface area contributed by atoms with Crippen molar-refractivity contribution in [2.45, 2.75) is 0 Å². The summed E-state index contributed by atoms with van der Waals surface area (Å²) in [4.78, 5) is 25.7. The molecule has 0 spiro atoms. The van der Waals surface area contributed by atoms with E-state index in [1.54, 1.807) is 36.4 Å². The van der Waals surface area contributed by atoms with E-state index in [1.165, 1.54) is 11.0 Å². The molecule has 6 heteroatoms. The maximum absolute atomic E-state index is 12.4. The fourth-order valence-corrected chi connectivity index (χ4v) is 2.22. The lowest BCUT2D eigenvalue weighted by atomic mass is 10.1. The first-order valence-electron chi connectivity index (χ1n) is 6.90. The summed E-state index contributed by atoms with van der Waals surface area (Å²) in [5, 5.41) is 2.59. The Morgan fingerprint density at radius 3 is 2.48 bits per heavy atom. The number of carbonyl (C=O) groups is 2. The lowest BCUT2D eigenvalue weighted by molar-refractivity contribution is -0.128. The molecule has 2 rings (SSSR count). The van der Waals surface area contributed by atoms with Crippen LogP contribution in [-0.4, -0.2) is 35.0 Å². The summed E-state index contributed by atoms with van der Waals surface area (Å²) in [5.74, 6) is -0.265. The van der Waals surface area contributed by atoms with Crippen molar-refractivity contribution >= 4 is 35.2 Å². The predicted molar refractivity (Wildman–Crippen MR) is 92.8 cm³/mol. The normalized spacial score (nSPS) is 16.3. The first-order valence-corrected chi connectivity index (χ1v) is 7.31. The van der Waals surface area contributed by atoms with Gasteiger partial charge in [-0.2, -0.15) is 0 Å². The number of amides is 2. The average Bonchev–Trinajstić information content (AvgIpc) is 2.54. The first kappa shape index (κ1) is 16.6. The van der Waals surface area contributed by atoms with Crippen molar-refractivity contribution in [1.29, 1.82) is 0 Å². The molecule has 0 aliphatic carbocycles. The van der Waals surface area contributed by atoms with Crippen LogP contribution in [0, 0.1) is 0 Å². The predicted octanol–water partition coefficient (Wildman–Crippen LogP) is 2.06. The molecule has 0 bridgehead atoms. The van der Waals surface area contributed by atoms with Crippen LogP contribution in [0.2, 0.25) is 0 Å². The van der Waals surface area contributed by atoms with Gasteiger partial charge in [0.1, 0.15) is 17.9 Å². The molecule has 0 unspecified atom stereocenters. The average molecular weight is 328 g/mol. The third-order valence-corrected chi connectivity index (χ3v) is 3.38. The van der Waals surface area contributed by atoms with Gasteiger partial charge in [-0.05, 0) is 36.0 Å². The molecule has 1 saturated heterocycles. The molecule has 118 valence electrons. The van der Waals surface area contributed by atoms with Gasteiger partial charge in [0.05, 0.1) is 0 Å². The molecule has 1 fully saturated rings. The second kappa shape index (κ2) is 7.51. The smallest absolute Gasteiger partial charge is 0.265 e. The lowest BCUT2D eigenvalue weighted by Crippen LogP contribution is -2.53. The summed E-state index contributed by atoms with van der Waals surface area (Å²) in [5.41, 5.74) is 0.737. The zero-order valence-electron chi connectivity index (χ0n) is 12.5. The van der Waals surface area contributed by atoms with Crippen LogP contribution in [0.1, 0.15) is 5.56 Å². The largest absolute Gasteiger partial charge is 0.490 e. The van der Waals surface area contributed by atoms with Gasteiger partial charge < -0.3 is 4.74 Å². The molecule has 0 saturated carbocycles. The monoisotopic (exact) mass is 328 g/mol. The molecule has 0 radical (unpaired) electrons. The van der Waals surface area contributed by atoms with E-state index in [0.29, 0.717) is 17.9 Å². The number of hydrogen-bond acceptors (Lipinski definition) is 4. The number of carbonyl (C=O) groups excluding carboxylic acids is 2. The van der Waals surface area contributed by atoms with Crippen LogP contribution in [-0.2, 0) is 9.59 Å². The summed E-state index contributed by atoms with van der Waals surface area (Å²) in [6.07, 6.45) is 4.72. The minimum Gasteiger partial charge on any atom is -0.490 e. The fraction of sp³-hybridized carbons (Fsp3) is 0.118. The van der Waals surface area contributed by atoms with E-state index in [1.807, 2.05) is 0 Å². The van der Waals surface area contributed by atoms with E-state index >= 15 is 0 Å². The Bertz CT molecular complexity index is 692. The topological polar surface area (TPSA) is 58.6 Å². The number of ether oxygens (including phenoxy) is 1. The molecular formula is C17H16N2O3S. The molecule has 1 aromatic rings. The minimum atomic E-state index is -0.507. The van der Waals surface area contributed by atoms with Gasteiger partial charge in [0.25, 0.3) is 11.8 Å². The van der Waals surface area contributed by atoms with Crippen molar-refractivity contribution in [3.63, 3.8) is 0 Å². The standard InChI is InChI=1S/C17H16N2O3S/c1-3-9-19-16(21)14(15(20)18-17(19)23)11-12-5-7-13(8-6-12)22-10-4-2/h3-8,11H,1-2,9-10H2,(H,18,20,23)/b14-11+. The van der Waals surface area contributed by atoms with E-state index in [2.05, 4.69) is 18.5 Å². The van der Waals surface area contributed by atoms with E-state index < -0.39 is 11.8 Å². The Kier molecular flexibility index (Phi) is 5.43. The Balaban J connectivity index is 2.24. The van der Waals surface area contributed by atoms with Gasteiger partial charge in [-0.3, -0.25) is 19.8 Å².